The van der Waals surface area contributed by atoms with Gasteiger partial charge in [0, 0.05) is 29.9 Å². The summed E-state index contributed by atoms with van der Waals surface area (Å²) in [4.78, 5) is 17.2. The minimum atomic E-state index is -0.163. The number of pyridine rings is 1. The molecule has 0 unspecified atom stereocenters. The van der Waals surface area contributed by atoms with Crippen molar-refractivity contribution in [3.63, 3.8) is 0 Å². The molecule has 2 aromatic carbocycles. The van der Waals surface area contributed by atoms with Gasteiger partial charge in [-0.05, 0) is 47.4 Å². The Morgan fingerprint density at radius 3 is 2.26 bits per heavy atom. The van der Waals surface area contributed by atoms with Crippen LogP contribution in [0.1, 0.15) is 42.6 Å². The lowest BCUT2D eigenvalue weighted by Crippen LogP contribution is -2.13. The predicted molar refractivity (Wildman–Crippen MR) is 121 cm³/mol. The molecule has 2 heterocycles. The lowest BCUT2D eigenvalue weighted by Gasteiger charge is -2.19. The zero-order chi connectivity index (χ0) is 22.0. The van der Waals surface area contributed by atoms with Crippen molar-refractivity contribution in [1.29, 1.82) is 0 Å². The van der Waals surface area contributed by atoms with E-state index in [0.29, 0.717) is 17.3 Å². The van der Waals surface area contributed by atoms with Gasteiger partial charge in [0.05, 0.1) is 11.3 Å². The van der Waals surface area contributed by atoms with Gasteiger partial charge in [-0.25, -0.2) is 0 Å². The van der Waals surface area contributed by atoms with E-state index in [1.165, 1.54) is 5.56 Å². The van der Waals surface area contributed by atoms with Crippen LogP contribution in [0.2, 0.25) is 0 Å². The summed E-state index contributed by atoms with van der Waals surface area (Å²) in [5.41, 5.74) is 4.95. The van der Waals surface area contributed by atoms with E-state index in [1.807, 2.05) is 48.5 Å². The molecular weight excluding hydrogens is 388 g/mol. The lowest BCUT2D eigenvalue weighted by molar-refractivity contribution is 0.102. The molecule has 1 N–H and O–H groups in total. The van der Waals surface area contributed by atoms with Crippen LogP contribution in [0.25, 0.3) is 22.7 Å². The zero-order valence-corrected chi connectivity index (χ0v) is 18.0. The van der Waals surface area contributed by atoms with E-state index in [-0.39, 0.29) is 11.3 Å². The number of amides is 1. The number of hydrogen-bond donors (Lipinski definition) is 1. The van der Waals surface area contributed by atoms with Gasteiger partial charge in [0.15, 0.2) is 0 Å². The minimum absolute atomic E-state index is 0.0720. The van der Waals surface area contributed by atoms with E-state index in [2.05, 4.69) is 41.3 Å². The first-order valence-electron chi connectivity index (χ1n) is 10.1. The topological polar surface area (TPSA) is 80.9 Å². The summed E-state index contributed by atoms with van der Waals surface area (Å²) < 4.78 is 5.56. The van der Waals surface area contributed by atoms with Gasteiger partial charge in [0.25, 0.3) is 5.91 Å². The molecule has 0 saturated heterocycles. The minimum Gasteiger partial charge on any atom is -0.421 e. The Morgan fingerprint density at radius 2 is 1.65 bits per heavy atom. The van der Waals surface area contributed by atoms with Gasteiger partial charge in [-0.15, -0.1) is 10.2 Å². The summed E-state index contributed by atoms with van der Waals surface area (Å²) in [5.74, 6) is 0.748. The van der Waals surface area contributed by atoms with Crippen molar-refractivity contribution >= 4 is 11.6 Å². The van der Waals surface area contributed by atoms with Crippen LogP contribution in [0.15, 0.2) is 71.3 Å². The van der Waals surface area contributed by atoms with Crippen molar-refractivity contribution in [2.45, 2.75) is 33.1 Å². The number of carbonyl (C=O) groups is 1. The molecule has 0 saturated carbocycles. The Bertz CT molecular complexity index is 1200. The number of rotatable bonds is 4. The predicted octanol–water partition coefficient (Wildman–Crippen LogP) is 5.66. The molecule has 4 rings (SSSR count). The first-order chi connectivity index (χ1) is 14.8. The van der Waals surface area contributed by atoms with Gasteiger partial charge >= 0.3 is 0 Å². The summed E-state index contributed by atoms with van der Waals surface area (Å²) in [6.07, 6.45) is 1.71. The third-order valence-electron chi connectivity index (χ3n) is 4.99. The monoisotopic (exact) mass is 412 g/mol. The third kappa shape index (κ3) is 4.53. The molecule has 156 valence electrons. The van der Waals surface area contributed by atoms with Gasteiger partial charge < -0.3 is 9.73 Å². The van der Waals surface area contributed by atoms with Crippen molar-refractivity contribution in [1.82, 2.24) is 15.2 Å². The quantitative estimate of drug-likeness (QED) is 0.468. The summed E-state index contributed by atoms with van der Waals surface area (Å²) in [7, 11) is 0. The highest BCUT2D eigenvalue weighted by Gasteiger charge is 2.15. The Labute approximate surface area is 181 Å². The molecule has 0 aliphatic rings. The number of hydrogen-bond acceptors (Lipinski definition) is 5. The van der Waals surface area contributed by atoms with E-state index in [0.717, 1.165) is 22.5 Å². The van der Waals surface area contributed by atoms with Crippen LogP contribution in [0.3, 0.4) is 0 Å². The standard InChI is InChI=1S/C25H24N4O2/c1-16-28-29-24(31-16)21-6-5-15-26-22(21)17-7-9-18(10-8-17)23(30)27-20-13-11-19(12-14-20)25(2,3)4/h5-15H,1-4H3,(H,27,30). The first-order valence-corrected chi connectivity index (χ1v) is 10.1. The lowest BCUT2D eigenvalue weighted by atomic mass is 9.87. The molecule has 6 nitrogen and oxygen atoms in total. The third-order valence-corrected chi connectivity index (χ3v) is 4.99. The second kappa shape index (κ2) is 8.14. The maximum atomic E-state index is 12.7. The molecule has 31 heavy (non-hydrogen) atoms. The molecule has 2 aromatic heterocycles. The average molecular weight is 412 g/mol. The van der Waals surface area contributed by atoms with Crippen molar-refractivity contribution < 1.29 is 9.21 Å². The fourth-order valence-corrected chi connectivity index (χ4v) is 3.25. The van der Waals surface area contributed by atoms with Crippen LogP contribution in [0.4, 0.5) is 5.69 Å². The Kier molecular flexibility index (Phi) is 5.38. The van der Waals surface area contributed by atoms with E-state index in [1.54, 1.807) is 25.3 Å². The van der Waals surface area contributed by atoms with Crippen LogP contribution in [-0.4, -0.2) is 21.1 Å². The fraction of sp³-hybridized carbons (Fsp3) is 0.200. The number of nitrogens with zero attached hydrogens (tertiary/aromatic N) is 3. The number of carbonyl (C=O) groups excluding carboxylic acids is 1. The summed E-state index contributed by atoms with van der Waals surface area (Å²) in [6.45, 7) is 8.23. The van der Waals surface area contributed by atoms with Crippen LogP contribution in [-0.2, 0) is 5.41 Å². The highest BCUT2D eigenvalue weighted by molar-refractivity contribution is 6.04. The molecule has 0 radical (unpaired) electrons. The maximum Gasteiger partial charge on any atom is 0.255 e. The fourth-order valence-electron chi connectivity index (χ4n) is 3.25. The van der Waals surface area contributed by atoms with E-state index < -0.39 is 0 Å². The molecule has 0 atom stereocenters. The molecule has 0 spiro atoms. The normalized spacial score (nSPS) is 11.4. The van der Waals surface area contributed by atoms with Crippen LogP contribution in [0.5, 0.6) is 0 Å². The molecular formula is C25H24N4O2. The smallest absolute Gasteiger partial charge is 0.255 e. The molecule has 4 aromatic rings. The van der Waals surface area contributed by atoms with Crippen molar-refractivity contribution in [2.24, 2.45) is 0 Å². The number of aryl methyl sites for hydroxylation is 1. The van der Waals surface area contributed by atoms with Gasteiger partial charge in [-0.3, -0.25) is 9.78 Å². The number of nitrogens with one attached hydrogen (secondary N) is 1. The second-order valence-electron chi connectivity index (χ2n) is 8.38. The highest BCUT2D eigenvalue weighted by atomic mass is 16.4. The van der Waals surface area contributed by atoms with Gasteiger partial charge in [0.1, 0.15) is 0 Å². The second-order valence-corrected chi connectivity index (χ2v) is 8.38. The zero-order valence-electron chi connectivity index (χ0n) is 18.0. The Hall–Kier alpha value is -3.80. The SMILES string of the molecule is Cc1nnc(-c2cccnc2-c2ccc(C(=O)Nc3ccc(C(C)(C)C)cc3)cc2)o1. The number of aromatic nitrogens is 3. The average Bonchev–Trinajstić information content (AvgIpc) is 3.20. The molecule has 6 heteroatoms. The highest BCUT2D eigenvalue weighted by Crippen LogP contribution is 2.29. The summed E-state index contributed by atoms with van der Waals surface area (Å²) >= 11 is 0. The van der Waals surface area contributed by atoms with Crippen LogP contribution in [0, 0.1) is 6.92 Å². The first kappa shape index (κ1) is 20.5. The Morgan fingerprint density at radius 1 is 0.935 bits per heavy atom. The molecule has 0 bridgehead atoms. The number of benzene rings is 2. The van der Waals surface area contributed by atoms with Crippen molar-refractivity contribution in [3.05, 3.63) is 83.9 Å². The molecule has 0 fully saturated rings. The van der Waals surface area contributed by atoms with Crippen molar-refractivity contribution in [3.8, 4) is 22.7 Å². The molecule has 0 aliphatic heterocycles. The molecule has 0 aliphatic carbocycles. The van der Waals surface area contributed by atoms with Crippen LogP contribution < -0.4 is 5.32 Å². The summed E-state index contributed by atoms with van der Waals surface area (Å²) in [5, 5.41) is 10.9. The van der Waals surface area contributed by atoms with Gasteiger partial charge in [-0.1, -0.05) is 45.0 Å². The van der Waals surface area contributed by atoms with Crippen LogP contribution >= 0.6 is 0 Å². The van der Waals surface area contributed by atoms with E-state index >= 15 is 0 Å². The van der Waals surface area contributed by atoms with E-state index in [9.17, 15) is 4.79 Å². The Balaban J connectivity index is 1.53. The maximum absolute atomic E-state index is 12.7. The van der Waals surface area contributed by atoms with Gasteiger partial charge in [-0.2, -0.15) is 0 Å². The molecule has 1 amide bonds. The summed E-state index contributed by atoms with van der Waals surface area (Å²) in [6, 6.07) is 19.0. The van der Waals surface area contributed by atoms with Gasteiger partial charge in [0.2, 0.25) is 11.8 Å². The number of anilines is 1. The van der Waals surface area contributed by atoms with Crippen molar-refractivity contribution in [2.75, 3.05) is 5.32 Å². The largest absolute Gasteiger partial charge is 0.421 e. The van der Waals surface area contributed by atoms with E-state index in [4.69, 9.17) is 4.42 Å².